The first-order valence-electron chi connectivity index (χ1n) is 9.47. The third kappa shape index (κ3) is 3.94. The van der Waals surface area contributed by atoms with Gasteiger partial charge in [-0.25, -0.2) is 28.0 Å². The molecule has 1 atom stereocenters. The van der Waals surface area contributed by atoms with E-state index in [9.17, 15) is 18.0 Å². The van der Waals surface area contributed by atoms with E-state index in [4.69, 9.17) is 23.9 Å². The molecule has 7 nitrogen and oxygen atoms in total. The molecule has 2 aromatic carbocycles. The predicted molar refractivity (Wildman–Crippen MR) is 119 cm³/mol. The van der Waals surface area contributed by atoms with Crippen LogP contribution >= 0.6 is 11.6 Å². The summed E-state index contributed by atoms with van der Waals surface area (Å²) in [5, 5.41) is 3.47. The molecular formula is C22H14ClF3N6O. The lowest BCUT2D eigenvalue weighted by molar-refractivity contribution is 0.529. The molecule has 11 heteroatoms. The first-order valence-corrected chi connectivity index (χ1v) is 9.84. The Morgan fingerprint density at radius 1 is 1.21 bits per heavy atom. The van der Waals surface area contributed by atoms with E-state index in [0.717, 1.165) is 4.57 Å². The van der Waals surface area contributed by atoms with Crippen LogP contribution in [0.2, 0.25) is 5.02 Å². The second-order valence-corrected chi connectivity index (χ2v) is 7.48. The Morgan fingerprint density at radius 3 is 2.58 bits per heavy atom. The Morgan fingerprint density at radius 2 is 1.91 bits per heavy atom. The molecule has 0 aliphatic carbocycles. The molecular weight excluding hydrogens is 457 g/mol. The molecule has 3 N–H and O–H groups in total. The summed E-state index contributed by atoms with van der Waals surface area (Å²) in [5.41, 5.74) is 4.20. The van der Waals surface area contributed by atoms with E-state index in [-0.39, 0.29) is 33.6 Å². The molecule has 0 aliphatic heterocycles. The van der Waals surface area contributed by atoms with Crippen molar-refractivity contribution in [2.45, 2.75) is 13.0 Å². The molecule has 0 amide bonds. The number of hydrogen-bond donors (Lipinski definition) is 2. The van der Waals surface area contributed by atoms with Gasteiger partial charge in [-0.05, 0) is 24.4 Å². The average Bonchev–Trinajstić information content (AvgIpc) is 2.74. The highest BCUT2D eigenvalue weighted by Crippen LogP contribution is 2.31. The number of anilines is 2. The number of aromatic nitrogens is 3. The van der Waals surface area contributed by atoms with Crippen molar-refractivity contribution in [2.24, 2.45) is 0 Å². The maximum atomic E-state index is 14.7. The van der Waals surface area contributed by atoms with Gasteiger partial charge >= 0.3 is 0 Å². The minimum Gasteiger partial charge on any atom is -0.371 e. The largest absolute Gasteiger partial charge is 0.371 e. The molecule has 4 aromatic rings. The molecule has 33 heavy (non-hydrogen) atoms. The zero-order chi connectivity index (χ0) is 23.9. The van der Waals surface area contributed by atoms with E-state index in [1.165, 1.54) is 18.3 Å². The lowest BCUT2D eigenvalue weighted by Gasteiger charge is -2.22. The Bertz CT molecular complexity index is 1490. The molecule has 0 bridgehead atoms. The molecule has 2 aromatic heterocycles. The second kappa shape index (κ2) is 8.44. The van der Waals surface area contributed by atoms with Gasteiger partial charge in [0.15, 0.2) is 11.6 Å². The number of hydrogen-bond acceptors (Lipinski definition) is 5. The van der Waals surface area contributed by atoms with Crippen molar-refractivity contribution in [1.29, 1.82) is 0 Å². The maximum absolute atomic E-state index is 14.7. The third-order valence-corrected chi connectivity index (χ3v) is 5.25. The van der Waals surface area contributed by atoms with Gasteiger partial charge in [0.2, 0.25) is 11.6 Å². The van der Waals surface area contributed by atoms with Crippen LogP contribution in [0.4, 0.5) is 30.6 Å². The quantitative estimate of drug-likeness (QED) is 0.402. The number of nitrogen functional groups attached to an aromatic ring is 1. The summed E-state index contributed by atoms with van der Waals surface area (Å²) in [6.45, 7) is 8.87. The molecule has 0 aliphatic rings. The summed E-state index contributed by atoms with van der Waals surface area (Å²) < 4.78 is 43.8. The van der Waals surface area contributed by atoms with Crippen LogP contribution in [0.1, 0.15) is 18.7 Å². The van der Waals surface area contributed by atoms with Gasteiger partial charge in [0.1, 0.15) is 17.3 Å². The van der Waals surface area contributed by atoms with Crippen molar-refractivity contribution in [2.75, 3.05) is 11.1 Å². The van der Waals surface area contributed by atoms with E-state index < -0.39 is 34.7 Å². The SMILES string of the molecule is [C-]#[N+]c1cnc(N)nc1N[C@@H](C)c1cc2cccc(Cl)c2c(=O)n1-c1c(F)cc(F)cc1F. The standard InChI is InChI=1S/C22H14ClF3N6O/c1-10(30-20-16(28-2)9-29-22(27)31-20)17-6-11-4-3-5-13(23)18(11)21(33)32(17)19-14(25)7-12(24)8-15(19)26/h3-10H,1H3,(H3,27,29,30,31)/t10-/m0/s1. The summed E-state index contributed by atoms with van der Waals surface area (Å²) in [7, 11) is 0. The van der Waals surface area contributed by atoms with Gasteiger partial charge in [-0.3, -0.25) is 9.36 Å². The zero-order valence-corrected chi connectivity index (χ0v) is 17.7. The van der Waals surface area contributed by atoms with Crippen LogP contribution in [0.25, 0.3) is 21.3 Å². The van der Waals surface area contributed by atoms with Crippen molar-refractivity contribution >= 4 is 39.8 Å². The van der Waals surface area contributed by atoms with E-state index in [1.807, 2.05) is 0 Å². The number of nitrogens with zero attached hydrogens (tertiary/aromatic N) is 4. The van der Waals surface area contributed by atoms with Crippen LogP contribution in [-0.4, -0.2) is 14.5 Å². The number of benzene rings is 2. The Labute approximate surface area is 190 Å². The first kappa shape index (κ1) is 22.1. The highest BCUT2D eigenvalue weighted by molar-refractivity contribution is 6.35. The van der Waals surface area contributed by atoms with E-state index in [2.05, 4.69) is 20.1 Å². The van der Waals surface area contributed by atoms with Crippen molar-refractivity contribution in [3.8, 4) is 5.69 Å². The van der Waals surface area contributed by atoms with Crippen LogP contribution in [0.3, 0.4) is 0 Å². The van der Waals surface area contributed by atoms with Gasteiger partial charge in [-0.1, -0.05) is 23.7 Å². The Balaban J connectivity index is 2.01. The van der Waals surface area contributed by atoms with E-state index in [0.29, 0.717) is 17.5 Å². The van der Waals surface area contributed by atoms with E-state index >= 15 is 0 Å². The van der Waals surface area contributed by atoms with Crippen molar-refractivity contribution in [3.05, 3.63) is 92.5 Å². The summed E-state index contributed by atoms with van der Waals surface area (Å²) in [6.07, 6.45) is 1.22. The van der Waals surface area contributed by atoms with Crippen LogP contribution in [0.15, 0.2) is 47.4 Å². The highest BCUT2D eigenvalue weighted by Gasteiger charge is 2.24. The van der Waals surface area contributed by atoms with Crippen LogP contribution in [0, 0.1) is 24.0 Å². The smallest absolute Gasteiger partial charge is 0.264 e. The third-order valence-electron chi connectivity index (χ3n) is 4.94. The first-order chi connectivity index (χ1) is 15.7. The Kier molecular flexibility index (Phi) is 5.66. The fourth-order valence-electron chi connectivity index (χ4n) is 3.49. The molecule has 0 unspecified atom stereocenters. The summed E-state index contributed by atoms with van der Waals surface area (Å²) in [4.78, 5) is 24.5. The van der Waals surface area contributed by atoms with Gasteiger partial charge in [-0.2, -0.15) is 0 Å². The number of nitrogens with one attached hydrogen (secondary N) is 1. The predicted octanol–water partition coefficient (Wildman–Crippen LogP) is 5.16. The minimum atomic E-state index is -1.28. The second-order valence-electron chi connectivity index (χ2n) is 7.07. The van der Waals surface area contributed by atoms with Crippen LogP contribution in [0.5, 0.6) is 0 Å². The summed E-state index contributed by atoms with van der Waals surface area (Å²) in [5.74, 6) is -3.72. The molecule has 0 spiro atoms. The van der Waals surface area contributed by atoms with Gasteiger partial charge in [0.25, 0.3) is 5.56 Å². The number of fused-ring (bicyclic) bond motifs is 1. The van der Waals surface area contributed by atoms with Gasteiger partial charge in [-0.15, -0.1) is 0 Å². The van der Waals surface area contributed by atoms with Gasteiger partial charge < -0.3 is 11.1 Å². The van der Waals surface area contributed by atoms with Gasteiger partial charge in [0, 0.05) is 24.0 Å². The molecule has 0 fully saturated rings. The Hall–Kier alpha value is -4.10. The normalized spacial score (nSPS) is 11.9. The molecule has 0 saturated carbocycles. The molecule has 166 valence electrons. The fraction of sp³-hybridized carbons (Fsp3) is 0.0909. The van der Waals surface area contributed by atoms with Crippen molar-refractivity contribution in [3.63, 3.8) is 0 Å². The van der Waals surface area contributed by atoms with Crippen molar-refractivity contribution < 1.29 is 13.2 Å². The molecule has 4 rings (SSSR count). The lowest BCUT2D eigenvalue weighted by atomic mass is 10.1. The number of pyridine rings is 1. The van der Waals surface area contributed by atoms with E-state index in [1.54, 1.807) is 19.1 Å². The molecule has 0 radical (unpaired) electrons. The van der Waals surface area contributed by atoms with Crippen LogP contribution < -0.4 is 16.6 Å². The fourth-order valence-corrected chi connectivity index (χ4v) is 3.76. The summed E-state index contributed by atoms with van der Waals surface area (Å²) >= 11 is 6.20. The monoisotopic (exact) mass is 470 g/mol. The highest BCUT2D eigenvalue weighted by atomic mass is 35.5. The molecule has 0 saturated heterocycles. The number of halogens is 4. The average molecular weight is 471 g/mol. The number of rotatable bonds is 4. The topological polar surface area (TPSA) is 90.2 Å². The van der Waals surface area contributed by atoms with Crippen molar-refractivity contribution in [1.82, 2.24) is 14.5 Å². The summed E-state index contributed by atoms with van der Waals surface area (Å²) in [6, 6.07) is 6.37. The number of nitrogens with two attached hydrogens (primary N) is 1. The van der Waals surface area contributed by atoms with Crippen LogP contribution in [-0.2, 0) is 0 Å². The zero-order valence-electron chi connectivity index (χ0n) is 16.9. The van der Waals surface area contributed by atoms with Gasteiger partial charge in [0.05, 0.1) is 23.0 Å². The lowest BCUT2D eigenvalue weighted by Crippen LogP contribution is -2.27. The minimum absolute atomic E-state index is 0.0337. The molecule has 2 heterocycles. The maximum Gasteiger partial charge on any atom is 0.264 e.